The minimum atomic E-state index is -0.0471. The Morgan fingerprint density at radius 3 is 2.58 bits per heavy atom. The molecule has 1 unspecified atom stereocenters. The highest BCUT2D eigenvalue weighted by Crippen LogP contribution is 2.12. The number of carbonyl (C=O) groups is 1. The number of hydrogen-bond donors (Lipinski definition) is 2. The average molecular weight is 266 g/mol. The molecule has 0 saturated carbocycles. The lowest BCUT2D eigenvalue weighted by molar-refractivity contribution is -0.120. The standard InChI is InChI=1S/C14H22N2O3/c1-18-9-8-15-14(17)10-16-13(11-19-2)12-6-4-3-5-7-12/h3-7,13,16H,8-11H2,1-2H3,(H,15,17). The van der Waals surface area contributed by atoms with Gasteiger partial charge < -0.3 is 14.8 Å². The summed E-state index contributed by atoms with van der Waals surface area (Å²) in [5.74, 6) is -0.0471. The van der Waals surface area contributed by atoms with Crippen LogP contribution >= 0.6 is 0 Å². The second-order valence-electron chi connectivity index (χ2n) is 4.14. The first-order chi connectivity index (χ1) is 9.27. The Kier molecular flexibility index (Phi) is 7.81. The van der Waals surface area contributed by atoms with Gasteiger partial charge in [0.15, 0.2) is 0 Å². The molecule has 0 fully saturated rings. The summed E-state index contributed by atoms with van der Waals surface area (Å²) in [5.41, 5.74) is 1.11. The van der Waals surface area contributed by atoms with Crippen molar-refractivity contribution in [3.63, 3.8) is 0 Å². The van der Waals surface area contributed by atoms with Crippen molar-refractivity contribution in [3.05, 3.63) is 35.9 Å². The van der Waals surface area contributed by atoms with E-state index in [-0.39, 0.29) is 18.5 Å². The van der Waals surface area contributed by atoms with Crippen molar-refractivity contribution in [3.8, 4) is 0 Å². The fourth-order valence-electron chi connectivity index (χ4n) is 1.70. The van der Waals surface area contributed by atoms with Crippen LogP contribution < -0.4 is 10.6 Å². The van der Waals surface area contributed by atoms with Gasteiger partial charge in [-0.05, 0) is 5.56 Å². The second-order valence-corrected chi connectivity index (χ2v) is 4.14. The number of methoxy groups -OCH3 is 2. The van der Waals surface area contributed by atoms with E-state index in [1.807, 2.05) is 30.3 Å². The zero-order chi connectivity index (χ0) is 13.9. The maximum atomic E-state index is 11.6. The number of benzene rings is 1. The van der Waals surface area contributed by atoms with Crippen LogP contribution in [0.25, 0.3) is 0 Å². The van der Waals surface area contributed by atoms with Gasteiger partial charge >= 0.3 is 0 Å². The normalized spacial score (nSPS) is 12.1. The van der Waals surface area contributed by atoms with Crippen LogP contribution in [-0.4, -0.2) is 46.4 Å². The molecule has 0 bridgehead atoms. The highest BCUT2D eigenvalue weighted by atomic mass is 16.5. The molecule has 0 aliphatic carbocycles. The maximum absolute atomic E-state index is 11.6. The van der Waals surface area contributed by atoms with Crippen molar-refractivity contribution in [2.24, 2.45) is 0 Å². The van der Waals surface area contributed by atoms with Crippen LogP contribution in [0, 0.1) is 0 Å². The van der Waals surface area contributed by atoms with E-state index in [4.69, 9.17) is 9.47 Å². The third-order valence-corrected chi connectivity index (χ3v) is 2.67. The number of carbonyl (C=O) groups excluding carboxylic acids is 1. The summed E-state index contributed by atoms with van der Waals surface area (Å²) in [6.45, 7) is 1.82. The van der Waals surface area contributed by atoms with Crippen molar-refractivity contribution in [2.75, 3.05) is 40.5 Å². The van der Waals surface area contributed by atoms with E-state index in [1.54, 1.807) is 14.2 Å². The summed E-state index contributed by atoms with van der Waals surface area (Å²) >= 11 is 0. The molecule has 2 N–H and O–H groups in total. The zero-order valence-corrected chi connectivity index (χ0v) is 11.5. The predicted molar refractivity (Wildman–Crippen MR) is 73.9 cm³/mol. The van der Waals surface area contributed by atoms with Gasteiger partial charge in [0, 0.05) is 20.8 Å². The Bertz CT molecular complexity index is 357. The topological polar surface area (TPSA) is 59.6 Å². The second kappa shape index (κ2) is 9.49. The molecular formula is C14H22N2O3. The molecule has 0 aliphatic rings. The number of rotatable bonds is 9. The monoisotopic (exact) mass is 266 g/mol. The summed E-state index contributed by atoms with van der Waals surface area (Å²) in [4.78, 5) is 11.6. The number of nitrogens with one attached hydrogen (secondary N) is 2. The number of ether oxygens (including phenoxy) is 2. The van der Waals surface area contributed by atoms with Crippen LogP contribution in [0.3, 0.4) is 0 Å². The molecule has 1 rings (SSSR count). The highest BCUT2D eigenvalue weighted by Gasteiger charge is 2.11. The van der Waals surface area contributed by atoms with Gasteiger partial charge in [-0.1, -0.05) is 30.3 Å². The first-order valence-electron chi connectivity index (χ1n) is 6.30. The molecule has 0 aromatic heterocycles. The summed E-state index contributed by atoms with van der Waals surface area (Å²) in [7, 11) is 3.25. The molecule has 0 saturated heterocycles. The predicted octanol–water partition coefficient (Wildman–Crippen LogP) is 0.726. The number of amides is 1. The third-order valence-electron chi connectivity index (χ3n) is 2.67. The Morgan fingerprint density at radius 2 is 1.95 bits per heavy atom. The fourth-order valence-corrected chi connectivity index (χ4v) is 1.70. The van der Waals surface area contributed by atoms with Crippen molar-refractivity contribution < 1.29 is 14.3 Å². The molecule has 0 spiro atoms. The van der Waals surface area contributed by atoms with Crippen molar-refractivity contribution >= 4 is 5.91 Å². The van der Waals surface area contributed by atoms with Crippen LogP contribution in [0.15, 0.2) is 30.3 Å². The lowest BCUT2D eigenvalue weighted by atomic mass is 10.1. The summed E-state index contributed by atoms with van der Waals surface area (Å²) < 4.78 is 10.0. The van der Waals surface area contributed by atoms with E-state index in [2.05, 4.69) is 10.6 Å². The van der Waals surface area contributed by atoms with E-state index >= 15 is 0 Å². The van der Waals surface area contributed by atoms with Crippen LogP contribution in [-0.2, 0) is 14.3 Å². The van der Waals surface area contributed by atoms with Gasteiger partial charge in [-0.3, -0.25) is 10.1 Å². The van der Waals surface area contributed by atoms with Gasteiger partial charge in [0.25, 0.3) is 0 Å². The fraction of sp³-hybridized carbons (Fsp3) is 0.500. The van der Waals surface area contributed by atoms with Gasteiger partial charge in [0.2, 0.25) is 5.91 Å². The van der Waals surface area contributed by atoms with Crippen molar-refractivity contribution in [2.45, 2.75) is 6.04 Å². The third kappa shape index (κ3) is 6.33. The molecule has 1 aromatic carbocycles. The molecule has 1 amide bonds. The summed E-state index contributed by atoms with van der Waals surface area (Å²) in [6, 6.07) is 9.94. The van der Waals surface area contributed by atoms with E-state index < -0.39 is 0 Å². The Labute approximate surface area is 114 Å². The van der Waals surface area contributed by atoms with E-state index in [1.165, 1.54) is 0 Å². The molecule has 5 nitrogen and oxygen atoms in total. The van der Waals surface area contributed by atoms with Gasteiger partial charge in [-0.25, -0.2) is 0 Å². The molecule has 0 heterocycles. The first kappa shape index (κ1) is 15.6. The lowest BCUT2D eigenvalue weighted by Gasteiger charge is -2.18. The Hall–Kier alpha value is -1.43. The molecule has 0 radical (unpaired) electrons. The largest absolute Gasteiger partial charge is 0.383 e. The maximum Gasteiger partial charge on any atom is 0.234 e. The van der Waals surface area contributed by atoms with Gasteiger partial charge in [-0.15, -0.1) is 0 Å². The minimum absolute atomic E-state index is 0.0133. The molecule has 1 atom stereocenters. The average Bonchev–Trinajstić information content (AvgIpc) is 2.44. The van der Waals surface area contributed by atoms with Crippen LogP contribution in [0.5, 0.6) is 0 Å². The Balaban J connectivity index is 2.40. The first-order valence-corrected chi connectivity index (χ1v) is 6.30. The van der Waals surface area contributed by atoms with E-state index in [0.29, 0.717) is 19.8 Å². The lowest BCUT2D eigenvalue weighted by Crippen LogP contribution is -2.38. The summed E-state index contributed by atoms with van der Waals surface area (Å²) in [6.07, 6.45) is 0. The smallest absolute Gasteiger partial charge is 0.234 e. The van der Waals surface area contributed by atoms with Gasteiger partial charge in [-0.2, -0.15) is 0 Å². The van der Waals surface area contributed by atoms with E-state index in [0.717, 1.165) is 5.56 Å². The minimum Gasteiger partial charge on any atom is -0.383 e. The number of hydrogen-bond acceptors (Lipinski definition) is 4. The van der Waals surface area contributed by atoms with Gasteiger partial charge in [0.1, 0.15) is 0 Å². The van der Waals surface area contributed by atoms with Crippen molar-refractivity contribution in [1.29, 1.82) is 0 Å². The molecule has 1 aromatic rings. The van der Waals surface area contributed by atoms with Crippen LogP contribution in [0.1, 0.15) is 11.6 Å². The van der Waals surface area contributed by atoms with Crippen LogP contribution in [0.4, 0.5) is 0 Å². The van der Waals surface area contributed by atoms with Gasteiger partial charge in [0.05, 0.1) is 25.8 Å². The van der Waals surface area contributed by atoms with Crippen molar-refractivity contribution in [1.82, 2.24) is 10.6 Å². The Morgan fingerprint density at radius 1 is 1.21 bits per heavy atom. The quantitative estimate of drug-likeness (QED) is 0.647. The molecule has 106 valence electrons. The zero-order valence-electron chi connectivity index (χ0n) is 11.5. The SMILES string of the molecule is COCCNC(=O)CNC(COC)c1ccccc1. The highest BCUT2D eigenvalue weighted by molar-refractivity contribution is 5.78. The van der Waals surface area contributed by atoms with E-state index in [9.17, 15) is 4.79 Å². The molecule has 0 aliphatic heterocycles. The van der Waals surface area contributed by atoms with Crippen LogP contribution in [0.2, 0.25) is 0 Å². The summed E-state index contributed by atoms with van der Waals surface area (Å²) in [5, 5.41) is 5.95. The molecular weight excluding hydrogens is 244 g/mol. The molecule has 19 heavy (non-hydrogen) atoms. The molecule has 5 heteroatoms.